The molecular weight excluding hydrogens is 492 g/mol. The topological polar surface area (TPSA) is 40.6 Å². The zero-order valence-electron chi connectivity index (χ0n) is 23.4. The van der Waals surface area contributed by atoms with Gasteiger partial charge in [0.2, 0.25) is 11.8 Å². The van der Waals surface area contributed by atoms with Crippen LogP contribution in [0.25, 0.3) is 21.5 Å². The molecule has 2 aliphatic rings. The van der Waals surface area contributed by atoms with E-state index in [0.717, 1.165) is 73.5 Å². The normalized spacial score (nSPS) is 16.7. The van der Waals surface area contributed by atoms with Gasteiger partial charge in [0.1, 0.15) is 0 Å². The van der Waals surface area contributed by atoms with Crippen LogP contribution >= 0.6 is 0 Å². The second kappa shape index (κ2) is 12.2. The van der Waals surface area contributed by atoms with Crippen LogP contribution in [0.3, 0.4) is 0 Å². The highest BCUT2D eigenvalue weighted by Crippen LogP contribution is 2.33. The van der Waals surface area contributed by atoms with Crippen molar-refractivity contribution in [3.05, 3.63) is 84.9 Å². The molecule has 4 aromatic rings. The number of carbonyl (C=O) groups excluding carboxylic acids is 2. The number of amides is 2. The van der Waals surface area contributed by atoms with Crippen molar-refractivity contribution in [2.45, 2.75) is 89.1 Å². The Morgan fingerprint density at radius 3 is 1.27 bits per heavy atom. The van der Waals surface area contributed by atoms with Crippen molar-refractivity contribution in [3.63, 3.8) is 0 Å². The summed E-state index contributed by atoms with van der Waals surface area (Å²) < 4.78 is 0. The highest BCUT2D eigenvalue weighted by atomic mass is 16.2. The van der Waals surface area contributed by atoms with E-state index >= 15 is 0 Å². The van der Waals surface area contributed by atoms with Gasteiger partial charge >= 0.3 is 0 Å². The lowest BCUT2D eigenvalue weighted by Gasteiger charge is -2.36. The van der Waals surface area contributed by atoms with Crippen molar-refractivity contribution in [2.24, 2.45) is 0 Å². The summed E-state index contributed by atoms with van der Waals surface area (Å²) in [6.45, 7) is 0. The minimum absolute atomic E-state index is 0.0673. The van der Waals surface area contributed by atoms with Gasteiger partial charge in [-0.05, 0) is 71.5 Å². The largest absolute Gasteiger partial charge is 0.309 e. The van der Waals surface area contributed by atoms with Crippen LogP contribution in [0.15, 0.2) is 84.9 Å². The molecule has 0 aromatic heterocycles. The summed E-state index contributed by atoms with van der Waals surface area (Å²) in [5.74, 6) is 0.135. The third-order valence-electron chi connectivity index (χ3n) is 8.99. The first-order chi connectivity index (χ1) is 19.7. The molecule has 4 heteroatoms. The lowest BCUT2D eigenvalue weighted by molar-refractivity contribution is -0.124. The van der Waals surface area contributed by atoms with Gasteiger partial charge in [0.25, 0.3) is 0 Å². The van der Waals surface area contributed by atoms with Crippen molar-refractivity contribution >= 4 is 44.7 Å². The summed E-state index contributed by atoms with van der Waals surface area (Å²) in [5.41, 5.74) is 1.92. The van der Waals surface area contributed by atoms with Crippen LogP contribution in [-0.4, -0.2) is 23.9 Å². The third-order valence-corrected chi connectivity index (χ3v) is 8.99. The first-order valence-corrected chi connectivity index (χ1v) is 15.3. The van der Waals surface area contributed by atoms with Crippen LogP contribution in [-0.2, 0) is 9.59 Å². The molecule has 0 unspecified atom stereocenters. The number of nitrogens with zero attached hydrogens (tertiary/aromatic N) is 2. The first-order valence-electron chi connectivity index (χ1n) is 15.3. The summed E-state index contributed by atoms with van der Waals surface area (Å²) in [4.78, 5) is 32.0. The van der Waals surface area contributed by atoms with Gasteiger partial charge in [0, 0.05) is 36.3 Å². The van der Waals surface area contributed by atoms with Crippen LogP contribution in [0.2, 0.25) is 0 Å². The average molecular weight is 533 g/mol. The molecule has 2 amide bonds. The number of hydrogen-bond acceptors (Lipinski definition) is 2. The molecule has 0 aliphatic heterocycles. The van der Waals surface area contributed by atoms with Crippen LogP contribution < -0.4 is 9.80 Å². The van der Waals surface area contributed by atoms with Gasteiger partial charge in [-0.2, -0.15) is 0 Å². The maximum atomic E-state index is 13.9. The van der Waals surface area contributed by atoms with Crippen molar-refractivity contribution < 1.29 is 9.59 Å². The number of benzene rings is 4. The molecule has 4 nitrogen and oxygen atoms in total. The zero-order valence-corrected chi connectivity index (χ0v) is 23.4. The molecule has 2 saturated carbocycles. The highest BCUT2D eigenvalue weighted by Gasteiger charge is 2.30. The maximum absolute atomic E-state index is 13.9. The Bertz CT molecular complexity index is 1370. The van der Waals surface area contributed by atoms with Gasteiger partial charge in [-0.25, -0.2) is 0 Å². The lowest BCUT2D eigenvalue weighted by Crippen LogP contribution is -2.44. The van der Waals surface area contributed by atoms with E-state index in [1.165, 1.54) is 23.6 Å². The Balaban J connectivity index is 1.24. The molecule has 206 valence electrons. The summed E-state index contributed by atoms with van der Waals surface area (Å²) >= 11 is 0. The predicted molar refractivity (Wildman–Crippen MR) is 166 cm³/mol. The second-order valence-corrected chi connectivity index (χ2v) is 11.7. The summed E-state index contributed by atoms with van der Waals surface area (Å²) in [6.07, 6.45) is 11.6. The standard InChI is InChI=1S/C36H40N2O2/c39-35(37(31-15-3-1-4-16-31)33-21-19-27-11-7-9-13-29(27)25-33)23-24-36(40)38(32-17-5-2-6-18-32)34-22-20-28-12-8-10-14-30(28)26-34/h7-14,19-22,25-26,31-32H,1-6,15-18,23-24H2. The molecule has 2 fully saturated rings. The molecule has 0 N–H and O–H groups in total. The highest BCUT2D eigenvalue weighted by molar-refractivity contribution is 6.02. The van der Waals surface area contributed by atoms with E-state index in [0.29, 0.717) is 0 Å². The molecule has 0 bridgehead atoms. The van der Waals surface area contributed by atoms with E-state index in [2.05, 4.69) is 60.7 Å². The van der Waals surface area contributed by atoms with E-state index < -0.39 is 0 Å². The molecular formula is C36H40N2O2. The number of rotatable bonds is 7. The van der Waals surface area contributed by atoms with Crippen molar-refractivity contribution in [2.75, 3.05) is 9.80 Å². The predicted octanol–water partition coefficient (Wildman–Crippen LogP) is 8.80. The number of fused-ring (bicyclic) bond motifs is 2. The average Bonchev–Trinajstić information content (AvgIpc) is 3.01. The summed E-state index contributed by atoms with van der Waals surface area (Å²) in [5, 5.41) is 4.64. The minimum Gasteiger partial charge on any atom is -0.309 e. The van der Waals surface area contributed by atoms with Gasteiger partial charge in [0.05, 0.1) is 0 Å². The Morgan fingerprint density at radius 2 is 0.875 bits per heavy atom. The molecule has 0 radical (unpaired) electrons. The Morgan fingerprint density at radius 1 is 0.500 bits per heavy atom. The van der Waals surface area contributed by atoms with Crippen LogP contribution in [0, 0.1) is 0 Å². The molecule has 6 rings (SSSR count). The van der Waals surface area contributed by atoms with Gasteiger partial charge < -0.3 is 9.80 Å². The van der Waals surface area contributed by atoms with Crippen LogP contribution in [0.4, 0.5) is 11.4 Å². The molecule has 0 atom stereocenters. The molecule has 4 aromatic carbocycles. The second-order valence-electron chi connectivity index (χ2n) is 11.7. The summed E-state index contributed by atoms with van der Waals surface area (Å²) in [6, 6.07) is 29.7. The summed E-state index contributed by atoms with van der Waals surface area (Å²) in [7, 11) is 0. The van der Waals surface area contributed by atoms with Crippen molar-refractivity contribution in [1.29, 1.82) is 0 Å². The van der Waals surface area contributed by atoms with Gasteiger partial charge in [-0.3, -0.25) is 9.59 Å². The lowest BCUT2D eigenvalue weighted by atomic mass is 9.92. The molecule has 40 heavy (non-hydrogen) atoms. The molecule has 0 heterocycles. The van der Waals surface area contributed by atoms with E-state index in [1.807, 2.05) is 34.1 Å². The van der Waals surface area contributed by atoms with E-state index in [-0.39, 0.29) is 36.7 Å². The monoisotopic (exact) mass is 532 g/mol. The minimum atomic E-state index is 0.0673. The van der Waals surface area contributed by atoms with E-state index in [1.54, 1.807) is 0 Å². The van der Waals surface area contributed by atoms with Crippen LogP contribution in [0.5, 0.6) is 0 Å². The zero-order chi connectivity index (χ0) is 27.3. The van der Waals surface area contributed by atoms with E-state index in [4.69, 9.17) is 0 Å². The maximum Gasteiger partial charge on any atom is 0.227 e. The molecule has 0 saturated heterocycles. The fourth-order valence-corrected chi connectivity index (χ4v) is 6.90. The fraction of sp³-hybridized carbons (Fsp3) is 0.389. The number of anilines is 2. The Hall–Kier alpha value is -3.66. The molecule has 2 aliphatic carbocycles. The Labute approximate surface area is 238 Å². The van der Waals surface area contributed by atoms with Crippen LogP contribution in [0.1, 0.15) is 77.0 Å². The third kappa shape index (κ3) is 5.77. The van der Waals surface area contributed by atoms with Crippen molar-refractivity contribution in [1.82, 2.24) is 0 Å². The molecule has 0 spiro atoms. The SMILES string of the molecule is O=C(CCC(=O)N(c1ccc2ccccc2c1)C1CCCCC1)N(c1ccc2ccccc2c1)C1CCCCC1. The van der Waals surface area contributed by atoms with Crippen molar-refractivity contribution in [3.8, 4) is 0 Å². The first kappa shape index (κ1) is 26.6. The fourth-order valence-electron chi connectivity index (χ4n) is 6.90. The smallest absolute Gasteiger partial charge is 0.227 e. The van der Waals surface area contributed by atoms with Gasteiger partial charge in [-0.1, -0.05) is 99.2 Å². The number of hydrogen-bond donors (Lipinski definition) is 0. The number of carbonyl (C=O) groups is 2. The van der Waals surface area contributed by atoms with Gasteiger partial charge in [-0.15, -0.1) is 0 Å². The Kier molecular flexibility index (Phi) is 8.13. The van der Waals surface area contributed by atoms with E-state index in [9.17, 15) is 9.59 Å². The van der Waals surface area contributed by atoms with Gasteiger partial charge in [0.15, 0.2) is 0 Å². The quantitative estimate of drug-likeness (QED) is 0.239.